The van der Waals surface area contributed by atoms with Crippen molar-refractivity contribution in [3.63, 3.8) is 0 Å². The van der Waals surface area contributed by atoms with Gasteiger partial charge in [0.15, 0.2) is 0 Å². The molecule has 108 valence electrons. The fourth-order valence-electron chi connectivity index (χ4n) is 1.80. The standard InChI is InChI=1S/C12H15F3O3S/c1-3-9-6-5-7-11(12(13,14)15)10(9)8-19(16,17)18-4-2/h5-7H,3-4,8H2,1-2H3. The Labute approximate surface area is 110 Å². The van der Waals surface area contributed by atoms with Gasteiger partial charge in [-0.3, -0.25) is 4.18 Å². The molecule has 0 saturated heterocycles. The summed E-state index contributed by atoms with van der Waals surface area (Å²) in [5.41, 5.74) is -0.792. The number of benzene rings is 1. The van der Waals surface area contributed by atoms with Crippen molar-refractivity contribution >= 4 is 10.1 Å². The van der Waals surface area contributed by atoms with Crippen molar-refractivity contribution in [2.75, 3.05) is 6.61 Å². The van der Waals surface area contributed by atoms with E-state index in [1.54, 1.807) is 6.92 Å². The van der Waals surface area contributed by atoms with Gasteiger partial charge in [-0.05, 0) is 30.5 Å². The van der Waals surface area contributed by atoms with Gasteiger partial charge < -0.3 is 0 Å². The summed E-state index contributed by atoms with van der Waals surface area (Å²) in [4.78, 5) is 0. The number of halogens is 3. The largest absolute Gasteiger partial charge is 0.416 e. The van der Waals surface area contributed by atoms with E-state index in [2.05, 4.69) is 4.18 Å². The first-order valence-corrected chi connectivity index (χ1v) is 7.34. The Morgan fingerprint density at radius 2 is 1.84 bits per heavy atom. The van der Waals surface area contributed by atoms with Crippen LogP contribution in [0, 0.1) is 0 Å². The highest BCUT2D eigenvalue weighted by Gasteiger charge is 2.35. The molecule has 1 aromatic carbocycles. The highest BCUT2D eigenvalue weighted by Crippen LogP contribution is 2.34. The van der Waals surface area contributed by atoms with Crippen molar-refractivity contribution in [2.24, 2.45) is 0 Å². The summed E-state index contributed by atoms with van der Waals surface area (Å²) in [6.07, 6.45) is -4.26. The molecule has 0 heterocycles. The smallest absolute Gasteiger partial charge is 0.270 e. The van der Waals surface area contributed by atoms with Gasteiger partial charge in [0.25, 0.3) is 10.1 Å². The summed E-state index contributed by atoms with van der Waals surface area (Å²) >= 11 is 0. The second-order valence-corrected chi connectivity index (χ2v) is 5.54. The molecule has 1 rings (SSSR count). The van der Waals surface area contributed by atoms with Crippen LogP contribution in [0.3, 0.4) is 0 Å². The molecular formula is C12H15F3O3S. The third kappa shape index (κ3) is 4.21. The third-order valence-corrected chi connectivity index (χ3v) is 3.81. The number of hydrogen-bond acceptors (Lipinski definition) is 3. The summed E-state index contributed by atoms with van der Waals surface area (Å²) in [6, 6.07) is 3.65. The molecule has 0 saturated carbocycles. The lowest BCUT2D eigenvalue weighted by Gasteiger charge is -2.16. The van der Waals surface area contributed by atoms with Gasteiger partial charge >= 0.3 is 6.18 Å². The third-order valence-electron chi connectivity index (χ3n) is 2.58. The first kappa shape index (κ1) is 16.0. The number of hydrogen-bond donors (Lipinski definition) is 0. The van der Waals surface area contributed by atoms with Crippen LogP contribution in [0.15, 0.2) is 18.2 Å². The highest BCUT2D eigenvalue weighted by molar-refractivity contribution is 7.85. The molecule has 0 fully saturated rings. The van der Waals surface area contributed by atoms with Crippen LogP contribution < -0.4 is 0 Å². The molecule has 0 aliphatic carbocycles. The van der Waals surface area contributed by atoms with Gasteiger partial charge in [0.05, 0.1) is 12.2 Å². The summed E-state index contributed by atoms with van der Waals surface area (Å²) in [5.74, 6) is -0.764. The molecule has 0 bridgehead atoms. The SMILES string of the molecule is CCOS(=O)(=O)Cc1c(CC)cccc1C(F)(F)F. The molecule has 3 nitrogen and oxygen atoms in total. The minimum Gasteiger partial charge on any atom is -0.270 e. The minimum atomic E-state index is -4.58. The Balaban J connectivity index is 3.31. The zero-order valence-corrected chi connectivity index (χ0v) is 11.4. The molecule has 7 heteroatoms. The van der Waals surface area contributed by atoms with Crippen molar-refractivity contribution in [2.45, 2.75) is 32.2 Å². The second kappa shape index (κ2) is 5.92. The van der Waals surface area contributed by atoms with E-state index >= 15 is 0 Å². The molecule has 0 spiro atoms. The first-order valence-electron chi connectivity index (χ1n) is 5.76. The van der Waals surface area contributed by atoms with Gasteiger partial charge in [0, 0.05) is 0 Å². The van der Waals surface area contributed by atoms with Crippen LogP contribution in [0.2, 0.25) is 0 Å². The molecule has 1 aromatic rings. The van der Waals surface area contributed by atoms with E-state index in [0.29, 0.717) is 12.0 Å². The fraction of sp³-hybridized carbons (Fsp3) is 0.500. The highest BCUT2D eigenvalue weighted by atomic mass is 32.2. The fourth-order valence-corrected chi connectivity index (χ4v) is 2.94. The van der Waals surface area contributed by atoms with E-state index in [0.717, 1.165) is 6.07 Å². The van der Waals surface area contributed by atoms with Gasteiger partial charge in [-0.1, -0.05) is 19.1 Å². The van der Waals surface area contributed by atoms with E-state index in [4.69, 9.17) is 0 Å². The Kier molecular flexibility index (Phi) is 4.98. The summed E-state index contributed by atoms with van der Waals surface area (Å²) in [7, 11) is -4.00. The van der Waals surface area contributed by atoms with Crippen LogP contribution in [0.25, 0.3) is 0 Å². The van der Waals surface area contributed by atoms with E-state index in [1.165, 1.54) is 19.1 Å². The lowest BCUT2D eigenvalue weighted by Crippen LogP contribution is -2.16. The van der Waals surface area contributed by atoms with Crippen LogP contribution in [0.4, 0.5) is 13.2 Å². The van der Waals surface area contributed by atoms with Crippen molar-refractivity contribution in [3.05, 3.63) is 34.9 Å². The van der Waals surface area contributed by atoms with E-state index in [9.17, 15) is 21.6 Å². The van der Waals surface area contributed by atoms with Crippen LogP contribution in [-0.2, 0) is 32.7 Å². The monoisotopic (exact) mass is 296 g/mol. The molecule has 0 radical (unpaired) electrons. The van der Waals surface area contributed by atoms with Crippen molar-refractivity contribution < 1.29 is 25.8 Å². The number of alkyl halides is 3. The van der Waals surface area contributed by atoms with Crippen LogP contribution >= 0.6 is 0 Å². The average molecular weight is 296 g/mol. The van der Waals surface area contributed by atoms with Gasteiger partial charge in [0.2, 0.25) is 0 Å². The lowest BCUT2D eigenvalue weighted by molar-refractivity contribution is -0.138. The van der Waals surface area contributed by atoms with Crippen LogP contribution in [-0.4, -0.2) is 15.0 Å². The Bertz CT molecular complexity index is 536. The normalized spacial score (nSPS) is 12.7. The van der Waals surface area contributed by atoms with Crippen molar-refractivity contribution in [3.8, 4) is 0 Å². The first-order chi connectivity index (χ1) is 8.71. The Morgan fingerprint density at radius 1 is 1.21 bits per heavy atom. The maximum Gasteiger partial charge on any atom is 0.416 e. The van der Waals surface area contributed by atoms with Gasteiger partial charge in [-0.25, -0.2) is 0 Å². The molecule has 0 aliphatic rings. The average Bonchev–Trinajstić information content (AvgIpc) is 2.27. The topological polar surface area (TPSA) is 43.4 Å². The van der Waals surface area contributed by atoms with Crippen LogP contribution in [0.5, 0.6) is 0 Å². The minimum absolute atomic E-state index is 0.0992. The predicted octanol–water partition coefficient (Wildman–Crippen LogP) is 3.13. The quantitative estimate of drug-likeness (QED) is 0.784. The lowest BCUT2D eigenvalue weighted by atomic mass is 10.0. The molecule has 0 aliphatic heterocycles. The summed E-state index contributed by atoms with van der Waals surface area (Å²) in [5, 5.41) is 0. The van der Waals surface area contributed by atoms with E-state index in [1.807, 2.05) is 0 Å². The summed E-state index contributed by atoms with van der Waals surface area (Å²) in [6.45, 7) is 3.04. The second-order valence-electron chi connectivity index (χ2n) is 3.90. The maximum atomic E-state index is 12.9. The van der Waals surface area contributed by atoms with Crippen molar-refractivity contribution in [1.29, 1.82) is 0 Å². The number of aryl methyl sites for hydroxylation is 1. The molecule has 19 heavy (non-hydrogen) atoms. The predicted molar refractivity (Wildman–Crippen MR) is 65.1 cm³/mol. The molecule has 0 N–H and O–H groups in total. The maximum absolute atomic E-state index is 12.9. The molecule has 0 amide bonds. The van der Waals surface area contributed by atoms with Crippen molar-refractivity contribution in [1.82, 2.24) is 0 Å². The zero-order chi connectivity index (χ0) is 14.7. The molecule has 0 atom stereocenters. The zero-order valence-electron chi connectivity index (χ0n) is 10.6. The Morgan fingerprint density at radius 3 is 2.32 bits per heavy atom. The molecular weight excluding hydrogens is 281 g/mol. The van der Waals surface area contributed by atoms with Gasteiger partial charge in [-0.15, -0.1) is 0 Å². The van der Waals surface area contributed by atoms with Crippen LogP contribution in [0.1, 0.15) is 30.5 Å². The van der Waals surface area contributed by atoms with Gasteiger partial charge in [-0.2, -0.15) is 21.6 Å². The van der Waals surface area contributed by atoms with E-state index in [-0.39, 0.29) is 12.2 Å². The van der Waals surface area contributed by atoms with Gasteiger partial charge in [0.1, 0.15) is 5.75 Å². The van der Waals surface area contributed by atoms with E-state index < -0.39 is 27.6 Å². The summed E-state index contributed by atoms with van der Waals surface area (Å²) < 4.78 is 66.3. The molecule has 0 aromatic heterocycles. The number of rotatable bonds is 5. The Hall–Kier alpha value is -1.08. The molecule has 0 unspecified atom stereocenters.